The predicted octanol–water partition coefficient (Wildman–Crippen LogP) is 10.4. The van der Waals surface area contributed by atoms with Crippen LogP contribution in [0.5, 0.6) is 5.75 Å². The molecule has 0 spiro atoms. The number of hydrogen-bond acceptors (Lipinski definition) is 4. The summed E-state index contributed by atoms with van der Waals surface area (Å²) >= 11 is 1.97. The minimum absolute atomic E-state index is 0.215. The smallest absolute Gasteiger partial charge is 0.410 e. The summed E-state index contributed by atoms with van der Waals surface area (Å²) in [7, 11) is 23.5. The summed E-state index contributed by atoms with van der Waals surface area (Å²) in [6.07, 6.45) is 10.8. The summed E-state index contributed by atoms with van der Waals surface area (Å²) < 4.78 is 6.03. The lowest BCUT2D eigenvalue weighted by atomic mass is 9.29. The van der Waals surface area contributed by atoms with Gasteiger partial charge in [-0.1, -0.05) is 95.6 Å². The maximum absolute atomic E-state index is 12.7. The topological polar surface area (TPSA) is 55.6 Å². The Morgan fingerprint density at radius 2 is 1.69 bits per heavy atom. The first-order valence-electron chi connectivity index (χ1n) is 20.2. The normalized spacial score (nSPS) is 24.6. The van der Waals surface area contributed by atoms with Crippen molar-refractivity contribution in [1.29, 1.82) is 0 Å². The summed E-state index contributed by atoms with van der Waals surface area (Å²) in [6, 6.07) is 6.78. The van der Waals surface area contributed by atoms with Gasteiger partial charge in [-0.25, -0.2) is 4.79 Å². The molecule has 8 radical (unpaired) electrons. The lowest BCUT2D eigenvalue weighted by molar-refractivity contribution is 0.0496. The van der Waals surface area contributed by atoms with Crippen LogP contribution in [0.2, 0.25) is 10.4 Å². The fourth-order valence-electron chi connectivity index (χ4n) is 8.38. The van der Waals surface area contributed by atoms with Crippen LogP contribution in [-0.4, -0.2) is 72.0 Å². The fourth-order valence-corrected chi connectivity index (χ4v) is 9.71. The minimum Gasteiger partial charge on any atom is -0.410 e. The molecule has 0 bridgehead atoms. The van der Waals surface area contributed by atoms with E-state index in [1.807, 2.05) is 36.6 Å². The van der Waals surface area contributed by atoms with Crippen molar-refractivity contribution >= 4 is 49.2 Å². The lowest BCUT2D eigenvalue weighted by Crippen LogP contribution is -2.46. The zero-order valence-electron chi connectivity index (χ0n) is 34.9. The van der Waals surface area contributed by atoms with E-state index in [2.05, 4.69) is 74.4 Å². The molecular weight excluding hydrogens is 640 g/mol. The number of ether oxygens (including phenoxy) is 1. The van der Waals surface area contributed by atoms with Crippen molar-refractivity contribution in [1.82, 2.24) is 4.90 Å². The van der Waals surface area contributed by atoms with Crippen molar-refractivity contribution in [2.75, 3.05) is 18.8 Å². The van der Waals surface area contributed by atoms with Gasteiger partial charge in [0.1, 0.15) is 5.75 Å². The van der Waals surface area contributed by atoms with Crippen molar-refractivity contribution in [3.8, 4) is 5.75 Å². The van der Waals surface area contributed by atoms with Crippen molar-refractivity contribution in [2.24, 2.45) is 34.3 Å². The molecular formula is C42H72B4N2O2S. The fraction of sp³-hybridized carbons (Fsp3) is 0.833. The van der Waals surface area contributed by atoms with Crippen LogP contribution in [-0.2, 0) is 6.42 Å². The van der Waals surface area contributed by atoms with Crippen LogP contribution in [0.3, 0.4) is 0 Å². The van der Waals surface area contributed by atoms with E-state index in [1.54, 1.807) is 6.92 Å². The second kappa shape index (κ2) is 19.1. The molecule has 2 N–H and O–H groups in total. The molecule has 51 heavy (non-hydrogen) atoms. The van der Waals surface area contributed by atoms with Crippen LogP contribution in [0, 0.1) is 28.6 Å². The SMILES string of the molecule is CC.CCCN(CC(C)C)C(=O)Oc1ccc2c(c1)CCC1C2CCC2(C)C(N)CCC12.[B]C([B])(C)C([B])([B])CCCSC(C)(C)C(C)(C)CC. The third-order valence-electron chi connectivity index (χ3n) is 13.0. The van der Waals surface area contributed by atoms with Crippen LogP contribution in [0.15, 0.2) is 18.2 Å². The predicted molar refractivity (Wildman–Crippen MR) is 227 cm³/mol. The maximum atomic E-state index is 12.7. The van der Waals surface area contributed by atoms with Gasteiger partial charge in [-0.15, -0.1) is 10.4 Å². The minimum atomic E-state index is -1.05. The van der Waals surface area contributed by atoms with Gasteiger partial charge < -0.3 is 15.4 Å². The van der Waals surface area contributed by atoms with Gasteiger partial charge in [-0.2, -0.15) is 11.8 Å². The van der Waals surface area contributed by atoms with Gasteiger partial charge in [0.15, 0.2) is 0 Å². The number of nitrogens with two attached hydrogens (primary N) is 1. The van der Waals surface area contributed by atoms with Crippen LogP contribution in [0.25, 0.3) is 0 Å². The number of fused-ring (bicyclic) bond motifs is 5. The number of rotatable bonds is 13. The average Bonchev–Trinajstić information content (AvgIpc) is 3.37. The number of amides is 1. The molecule has 4 rings (SSSR count). The first-order chi connectivity index (χ1) is 23.6. The molecule has 3 aliphatic carbocycles. The molecule has 5 atom stereocenters. The average molecular weight is 712 g/mol. The highest BCUT2D eigenvalue weighted by atomic mass is 32.2. The highest BCUT2D eigenvalue weighted by Gasteiger charge is 2.53. The second-order valence-electron chi connectivity index (χ2n) is 17.7. The molecule has 0 aromatic heterocycles. The lowest BCUT2D eigenvalue weighted by Gasteiger charge is -2.50. The number of nitrogens with zero attached hydrogens (tertiary/aromatic N) is 1. The Bertz CT molecular complexity index is 1230. The highest BCUT2D eigenvalue weighted by molar-refractivity contribution is 8.00. The number of carbonyl (C=O) groups is 1. The van der Waals surface area contributed by atoms with Crippen molar-refractivity contribution in [3.63, 3.8) is 0 Å². The Labute approximate surface area is 325 Å². The summed E-state index contributed by atoms with van der Waals surface area (Å²) in [5.74, 6) is 4.35. The van der Waals surface area contributed by atoms with Crippen LogP contribution in [0.4, 0.5) is 4.79 Å². The molecule has 2 saturated carbocycles. The summed E-state index contributed by atoms with van der Waals surface area (Å²) in [6.45, 7) is 27.4. The van der Waals surface area contributed by atoms with E-state index in [0.29, 0.717) is 40.9 Å². The molecule has 5 unspecified atom stereocenters. The van der Waals surface area contributed by atoms with Crippen molar-refractivity contribution < 1.29 is 9.53 Å². The van der Waals surface area contributed by atoms with E-state index in [-0.39, 0.29) is 10.8 Å². The molecule has 1 aromatic rings. The largest absolute Gasteiger partial charge is 0.415 e. The third-order valence-corrected chi connectivity index (χ3v) is 14.8. The zero-order chi connectivity index (χ0) is 39.0. The van der Waals surface area contributed by atoms with E-state index in [1.165, 1.54) is 43.2 Å². The van der Waals surface area contributed by atoms with Crippen molar-refractivity contribution in [2.45, 2.75) is 174 Å². The first kappa shape index (κ1) is 46.2. The number of aryl methyl sites for hydroxylation is 1. The number of thioether (sulfide) groups is 1. The Hall–Kier alpha value is -0.940. The van der Waals surface area contributed by atoms with Crippen LogP contribution in [0.1, 0.15) is 158 Å². The van der Waals surface area contributed by atoms with Gasteiger partial charge in [0, 0.05) is 23.9 Å². The molecule has 9 heteroatoms. The molecule has 0 saturated heterocycles. The summed E-state index contributed by atoms with van der Waals surface area (Å²) in [5, 5.41) is -2.06. The molecule has 1 aromatic carbocycles. The number of benzene rings is 1. The van der Waals surface area contributed by atoms with Gasteiger partial charge in [-0.3, -0.25) is 0 Å². The number of carbonyl (C=O) groups excluding carboxylic acids is 1. The number of hydrogen-bond donors (Lipinski definition) is 1. The van der Waals surface area contributed by atoms with Gasteiger partial charge in [0.2, 0.25) is 0 Å². The Morgan fingerprint density at radius 3 is 2.25 bits per heavy atom. The Balaban J connectivity index is 0.000000373. The van der Waals surface area contributed by atoms with E-state index in [4.69, 9.17) is 41.9 Å². The van der Waals surface area contributed by atoms with Gasteiger partial charge >= 0.3 is 6.09 Å². The van der Waals surface area contributed by atoms with Crippen LogP contribution >= 0.6 is 11.8 Å². The van der Waals surface area contributed by atoms with E-state index >= 15 is 0 Å². The summed E-state index contributed by atoms with van der Waals surface area (Å²) in [5.41, 5.74) is 10.1. The monoisotopic (exact) mass is 713 g/mol. The van der Waals surface area contributed by atoms with Gasteiger partial charge in [0.05, 0.1) is 31.4 Å². The standard InChI is InChI=1S/C26H40N2O2.C14H26B4S.C2H6/c1-5-14-28(16-17(2)3)25(29)30-19-7-9-20-18(15-19)6-8-22-21(20)12-13-26(4)23(22)10-11-24(26)27;1-7-11(2,3)12(4,5)19-10-8-9-14(17,18)13(6,15)16;1-2/h7,9,15,17,21-24H,5-6,8,10-14,16,27H2,1-4H3;7-10H2,1-6H3;1-2H3. The maximum Gasteiger partial charge on any atom is 0.415 e. The molecule has 3 aliphatic rings. The molecule has 0 aliphatic heterocycles. The third kappa shape index (κ3) is 11.5. The quantitative estimate of drug-likeness (QED) is 0.163. The van der Waals surface area contributed by atoms with E-state index in [9.17, 15) is 4.79 Å². The second-order valence-corrected chi connectivity index (χ2v) is 19.5. The summed E-state index contributed by atoms with van der Waals surface area (Å²) in [4.78, 5) is 14.6. The zero-order valence-corrected chi connectivity index (χ0v) is 35.7. The highest BCUT2D eigenvalue weighted by Crippen LogP contribution is 2.60. The molecule has 2 fully saturated rings. The van der Waals surface area contributed by atoms with Gasteiger partial charge in [0.25, 0.3) is 0 Å². The molecule has 280 valence electrons. The van der Waals surface area contributed by atoms with Crippen LogP contribution < -0.4 is 10.5 Å². The Kier molecular flexibility index (Phi) is 17.3. The molecule has 0 heterocycles. The van der Waals surface area contributed by atoms with E-state index < -0.39 is 10.4 Å². The van der Waals surface area contributed by atoms with Crippen molar-refractivity contribution in [3.05, 3.63) is 29.3 Å². The molecule has 1 amide bonds. The first-order valence-corrected chi connectivity index (χ1v) is 21.2. The Morgan fingerprint density at radius 1 is 1.04 bits per heavy atom. The van der Waals surface area contributed by atoms with Gasteiger partial charge in [-0.05, 0) is 121 Å². The molecule has 4 nitrogen and oxygen atoms in total. The van der Waals surface area contributed by atoms with E-state index in [0.717, 1.165) is 56.4 Å².